The fourth-order valence-corrected chi connectivity index (χ4v) is 4.29. The van der Waals surface area contributed by atoms with Gasteiger partial charge in [-0.25, -0.2) is 13.1 Å². The molecule has 26 heavy (non-hydrogen) atoms. The summed E-state index contributed by atoms with van der Waals surface area (Å²) < 4.78 is 32.6. The first-order valence-electron chi connectivity index (χ1n) is 8.30. The first-order valence-corrected chi connectivity index (χ1v) is 10.2. The summed E-state index contributed by atoms with van der Waals surface area (Å²) in [5.41, 5.74) is 1.59. The van der Waals surface area contributed by atoms with E-state index in [9.17, 15) is 13.2 Å². The number of benzene rings is 1. The van der Waals surface area contributed by atoms with Crippen molar-refractivity contribution in [3.63, 3.8) is 0 Å². The molecule has 138 valence electrons. The van der Waals surface area contributed by atoms with Crippen LogP contribution in [0.25, 0.3) is 0 Å². The van der Waals surface area contributed by atoms with Crippen LogP contribution in [-0.2, 0) is 27.7 Å². The fraction of sp³-hybridized carbons (Fsp3) is 0.333. The Labute approximate surface area is 157 Å². The lowest BCUT2D eigenvalue weighted by Crippen LogP contribution is -2.30. The topological polar surface area (TPSA) is 85.4 Å². The molecule has 0 spiro atoms. The fourth-order valence-electron chi connectivity index (χ4n) is 2.85. The Morgan fingerprint density at radius 2 is 2.19 bits per heavy atom. The van der Waals surface area contributed by atoms with E-state index in [1.54, 1.807) is 6.20 Å². The van der Waals surface area contributed by atoms with E-state index in [2.05, 4.69) is 9.71 Å². The molecule has 1 aliphatic heterocycles. The van der Waals surface area contributed by atoms with Gasteiger partial charge in [-0.15, -0.1) is 0 Å². The molecule has 1 amide bonds. The van der Waals surface area contributed by atoms with E-state index in [-0.39, 0.29) is 22.4 Å². The number of pyridine rings is 1. The highest BCUT2D eigenvalue weighted by Gasteiger charge is 2.26. The molecule has 3 rings (SSSR count). The second-order valence-electron chi connectivity index (χ2n) is 6.23. The van der Waals surface area contributed by atoms with Crippen LogP contribution in [0.3, 0.4) is 0 Å². The Bertz CT molecular complexity index is 916. The number of amides is 1. The van der Waals surface area contributed by atoms with Gasteiger partial charge in [-0.1, -0.05) is 17.7 Å². The molecule has 0 saturated carbocycles. The SMILES string of the molecule is CC1Cc2cc(S(=O)(=O)NC(=O)CCCc3ccccn3)cc(Cl)c2O1. The third-order valence-corrected chi connectivity index (χ3v) is 5.68. The summed E-state index contributed by atoms with van der Waals surface area (Å²) in [7, 11) is -3.97. The van der Waals surface area contributed by atoms with Crippen LogP contribution in [0.2, 0.25) is 5.02 Å². The van der Waals surface area contributed by atoms with Crippen molar-refractivity contribution in [2.75, 3.05) is 0 Å². The predicted molar refractivity (Wildman–Crippen MR) is 97.7 cm³/mol. The quantitative estimate of drug-likeness (QED) is 0.814. The maximum Gasteiger partial charge on any atom is 0.264 e. The van der Waals surface area contributed by atoms with Crippen LogP contribution in [0.15, 0.2) is 41.4 Å². The van der Waals surface area contributed by atoms with Crippen LogP contribution >= 0.6 is 11.6 Å². The van der Waals surface area contributed by atoms with Gasteiger partial charge in [-0.05, 0) is 44.0 Å². The summed E-state index contributed by atoms with van der Waals surface area (Å²) in [6.45, 7) is 1.88. The number of nitrogens with one attached hydrogen (secondary N) is 1. The predicted octanol–water partition coefficient (Wildman–Crippen LogP) is 2.89. The van der Waals surface area contributed by atoms with Crippen LogP contribution in [0.5, 0.6) is 5.75 Å². The van der Waals surface area contributed by atoms with E-state index in [0.29, 0.717) is 25.0 Å². The average Bonchev–Trinajstić information content (AvgIpc) is 2.96. The minimum absolute atomic E-state index is 0.0305. The number of aromatic nitrogens is 1. The molecule has 0 fully saturated rings. The number of ether oxygens (including phenoxy) is 1. The standard InChI is InChI=1S/C18H19ClN2O4S/c1-12-9-13-10-15(11-16(19)18(13)25-12)26(23,24)21-17(22)7-4-6-14-5-2-3-8-20-14/h2-3,5,8,10-12H,4,6-7,9H2,1H3,(H,21,22). The maximum atomic E-state index is 12.5. The number of hydrogen-bond donors (Lipinski definition) is 1. The van der Waals surface area contributed by atoms with Gasteiger partial charge in [0, 0.05) is 30.3 Å². The summed E-state index contributed by atoms with van der Waals surface area (Å²) in [5, 5.41) is 0.231. The highest BCUT2D eigenvalue weighted by atomic mass is 35.5. The number of hydrogen-bond acceptors (Lipinski definition) is 5. The van der Waals surface area contributed by atoms with Crippen molar-refractivity contribution < 1.29 is 17.9 Å². The Hall–Kier alpha value is -2.12. The second-order valence-corrected chi connectivity index (χ2v) is 8.32. The van der Waals surface area contributed by atoms with Crippen LogP contribution < -0.4 is 9.46 Å². The zero-order valence-electron chi connectivity index (χ0n) is 14.2. The van der Waals surface area contributed by atoms with Crippen LogP contribution in [0.1, 0.15) is 31.0 Å². The Morgan fingerprint density at radius 3 is 2.92 bits per heavy atom. The van der Waals surface area contributed by atoms with Crippen molar-refractivity contribution in [1.82, 2.24) is 9.71 Å². The van der Waals surface area contributed by atoms with Gasteiger partial charge in [0.15, 0.2) is 0 Å². The first-order chi connectivity index (χ1) is 12.3. The van der Waals surface area contributed by atoms with E-state index in [1.165, 1.54) is 12.1 Å². The van der Waals surface area contributed by atoms with Gasteiger partial charge in [0.2, 0.25) is 5.91 Å². The molecule has 0 bridgehead atoms. The molecule has 0 aliphatic carbocycles. The Morgan fingerprint density at radius 1 is 1.38 bits per heavy atom. The van der Waals surface area contributed by atoms with Gasteiger partial charge in [0.05, 0.1) is 9.92 Å². The summed E-state index contributed by atoms with van der Waals surface area (Å²) >= 11 is 6.13. The van der Waals surface area contributed by atoms with E-state index in [0.717, 1.165) is 11.3 Å². The van der Waals surface area contributed by atoms with Crippen LogP contribution in [0, 0.1) is 0 Å². The molecule has 0 radical (unpaired) electrons. The lowest BCUT2D eigenvalue weighted by molar-refractivity contribution is -0.119. The highest BCUT2D eigenvalue weighted by Crippen LogP contribution is 2.37. The maximum absolute atomic E-state index is 12.5. The monoisotopic (exact) mass is 394 g/mol. The summed E-state index contributed by atoms with van der Waals surface area (Å²) in [6.07, 6.45) is 3.41. The van der Waals surface area contributed by atoms with E-state index >= 15 is 0 Å². The molecule has 1 aromatic heterocycles. The second kappa shape index (κ2) is 7.63. The molecule has 1 unspecified atom stereocenters. The van der Waals surface area contributed by atoms with Crippen LogP contribution in [0.4, 0.5) is 0 Å². The third-order valence-electron chi connectivity index (χ3n) is 4.04. The lowest BCUT2D eigenvalue weighted by Gasteiger charge is -2.09. The molecule has 1 aromatic carbocycles. The van der Waals surface area contributed by atoms with Crippen molar-refractivity contribution >= 4 is 27.5 Å². The number of aryl methyl sites for hydroxylation is 1. The molecule has 1 aliphatic rings. The van der Waals surface area contributed by atoms with Crippen molar-refractivity contribution in [1.29, 1.82) is 0 Å². The number of carbonyl (C=O) groups is 1. The Kier molecular flexibility index (Phi) is 5.48. The lowest BCUT2D eigenvalue weighted by atomic mass is 10.1. The van der Waals surface area contributed by atoms with Crippen molar-refractivity contribution in [3.8, 4) is 5.75 Å². The minimum Gasteiger partial charge on any atom is -0.489 e. The molecule has 2 aromatic rings. The van der Waals surface area contributed by atoms with Gasteiger partial charge in [-0.3, -0.25) is 9.78 Å². The molecular weight excluding hydrogens is 376 g/mol. The molecule has 2 heterocycles. The largest absolute Gasteiger partial charge is 0.489 e. The van der Waals surface area contributed by atoms with E-state index < -0.39 is 15.9 Å². The van der Waals surface area contributed by atoms with Gasteiger partial charge in [-0.2, -0.15) is 0 Å². The molecule has 0 saturated heterocycles. The van der Waals surface area contributed by atoms with Crippen molar-refractivity contribution in [3.05, 3.63) is 52.8 Å². The summed E-state index contributed by atoms with van der Waals surface area (Å²) in [5.74, 6) is -0.0398. The third kappa shape index (κ3) is 4.34. The number of halogens is 1. The Balaban J connectivity index is 1.63. The number of fused-ring (bicyclic) bond motifs is 1. The van der Waals surface area contributed by atoms with Gasteiger partial charge in [0.25, 0.3) is 10.0 Å². The molecule has 1 atom stereocenters. The number of carbonyl (C=O) groups excluding carboxylic acids is 1. The zero-order valence-corrected chi connectivity index (χ0v) is 15.8. The van der Waals surface area contributed by atoms with Crippen molar-refractivity contribution in [2.24, 2.45) is 0 Å². The smallest absolute Gasteiger partial charge is 0.264 e. The van der Waals surface area contributed by atoms with Gasteiger partial charge >= 0.3 is 0 Å². The molecule has 6 nitrogen and oxygen atoms in total. The summed E-state index contributed by atoms with van der Waals surface area (Å²) in [6, 6.07) is 8.37. The average molecular weight is 395 g/mol. The van der Waals surface area contributed by atoms with Gasteiger partial charge in [0.1, 0.15) is 11.9 Å². The zero-order chi connectivity index (χ0) is 18.7. The molecule has 1 N–H and O–H groups in total. The number of nitrogens with zero attached hydrogens (tertiary/aromatic N) is 1. The number of sulfonamides is 1. The van der Waals surface area contributed by atoms with E-state index in [4.69, 9.17) is 16.3 Å². The van der Waals surface area contributed by atoms with Crippen LogP contribution in [-0.4, -0.2) is 25.4 Å². The molecular formula is C18H19ClN2O4S. The normalized spacial score (nSPS) is 16.0. The highest BCUT2D eigenvalue weighted by molar-refractivity contribution is 7.90. The first kappa shape index (κ1) is 18.7. The number of rotatable bonds is 6. The summed E-state index contributed by atoms with van der Waals surface area (Å²) in [4.78, 5) is 16.2. The van der Waals surface area contributed by atoms with Gasteiger partial charge < -0.3 is 4.74 Å². The minimum atomic E-state index is -3.97. The van der Waals surface area contributed by atoms with Crippen molar-refractivity contribution in [2.45, 2.75) is 43.6 Å². The van der Waals surface area contributed by atoms with E-state index in [1.807, 2.05) is 25.1 Å². The molecule has 8 heteroatoms.